The third-order valence-electron chi connectivity index (χ3n) is 3.31. The third-order valence-corrected chi connectivity index (χ3v) is 3.31. The lowest BCUT2D eigenvalue weighted by Crippen LogP contribution is -2.18. The number of amides is 1. The van der Waals surface area contributed by atoms with Gasteiger partial charge in [-0.3, -0.25) is 4.79 Å². The summed E-state index contributed by atoms with van der Waals surface area (Å²) in [6, 6.07) is 14.1. The van der Waals surface area contributed by atoms with Crippen molar-refractivity contribution in [2.45, 2.75) is 13.1 Å². The minimum absolute atomic E-state index is 0.359. The maximum absolute atomic E-state index is 14.1. The molecule has 1 atom stereocenters. The van der Waals surface area contributed by atoms with E-state index in [2.05, 4.69) is 5.32 Å². The SMILES string of the molecule is Cc1cc(N(C)C)ccc1NC(=O)C(F)c1ccccc1. The van der Waals surface area contributed by atoms with E-state index in [1.165, 1.54) is 0 Å². The monoisotopic (exact) mass is 286 g/mol. The van der Waals surface area contributed by atoms with Gasteiger partial charge < -0.3 is 10.2 Å². The molecule has 0 aliphatic carbocycles. The number of nitrogens with one attached hydrogen (secondary N) is 1. The van der Waals surface area contributed by atoms with Crippen LogP contribution in [-0.2, 0) is 4.79 Å². The molecule has 0 radical (unpaired) electrons. The van der Waals surface area contributed by atoms with Gasteiger partial charge in [0.1, 0.15) is 0 Å². The van der Waals surface area contributed by atoms with Crippen molar-refractivity contribution in [1.29, 1.82) is 0 Å². The molecule has 3 nitrogen and oxygen atoms in total. The predicted octanol–water partition coefficient (Wildman–Crippen LogP) is 3.71. The van der Waals surface area contributed by atoms with Gasteiger partial charge in [-0.15, -0.1) is 0 Å². The number of benzene rings is 2. The molecule has 110 valence electrons. The summed E-state index contributed by atoms with van der Waals surface area (Å²) in [6.45, 7) is 1.89. The lowest BCUT2D eigenvalue weighted by atomic mass is 10.1. The van der Waals surface area contributed by atoms with Gasteiger partial charge in [0.15, 0.2) is 0 Å². The molecule has 0 saturated heterocycles. The highest BCUT2D eigenvalue weighted by atomic mass is 19.1. The Morgan fingerprint density at radius 3 is 2.38 bits per heavy atom. The van der Waals surface area contributed by atoms with Gasteiger partial charge in [-0.1, -0.05) is 30.3 Å². The Bertz CT molecular complexity index is 626. The quantitative estimate of drug-likeness (QED) is 0.929. The van der Waals surface area contributed by atoms with E-state index in [4.69, 9.17) is 0 Å². The van der Waals surface area contributed by atoms with Gasteiger partial charge in [0.25, 0.3) is 5.91 Å². The van der Waals surface area contributed by atoms with Crippen molar-refractivity contribution in [2.75, 3.05) is 24.3 Å². The molecule has 0 aliphatic heterocycles. The second-order valence-electron chi connectivity index (χ2n) is 5.16. The van der Waals surface area contributed by atoms with Crippen LogP contribution in [0.1, 0.15) is 17.3 Å². The smallest absolute Gasteiger partial charge is 0.263 e. The summed E-state index contributed by atoms with van der Waals surface area (Å²) in [5.74, 6) is -0.651. The van der Waals surface area contributed by atoms with Crippen molar-refractivity contribution in [3.8, 4) is 0 Å². The second kappa shape index (κ2) is 6.39. The summed E-state index contributed by atoms with van der Waals surface area (Å²) in [5, 5.41) is 2.64. The lowest BCUT2D eigenvalue weighted by Gasteiger charge is -2.16. The number of nitrogens with zero attached hydrogens (tertiary/aromatic N) is 1. The van der Waals surface area contributed by atoms with E-state index < -0.39 is 12.1 Å². The number of aryl methyl sites for hydroxylation is 1. The van der Waals surface area contributed by atoms with E-state index in [0.29, 0.717) is 11.3 Å². The van der Waals surface area contributed by atoms with Crippen molar-refractivity contribution >= 4 is 17.3 Å². The van der Waals surface area contributed by atoms with Crippen molar-refractivity contribution in [2.24, 2.45) is 0 Å². The molecule has 0 spiro atoms. The van der Waals surface area contributed by atoms with Crippen LogP contribution < -0.4 is 10.2 Å². The fourth-order valence-corrected chi connectivity index (χ4v) is 2.04. The van der Waals surface area contributed by atoms with Crippen LogP contribution in [0.15, 0.2) is 48.5 Å². The van der Waals surface area contributed by atoms with Crippen molar-refractivity contribution in [1.82, 2.24) is 0 Å². The number of hydrogen-bond donors (Lipinski definition) is 1. The summed E-state index contributed by atoms with van der Waals surface area (Å²) >= 11 is 0. The van der Waals surface area contributed by atoms with Crippen molar-refractivity contribution < 1.29 is 9.18 Å². The molecule has 2 rings (SSSR count). The zero-order valence-corrected chi connectivity index (χ0v) is 12.4. The third kappa shape index (κ3) is 3.60. The Morgan fingerprint density at radius 1 is 1.14 bits per heavy atom. The molecule has 0 fully saturated rings. The second-order valence-corrected chi connectivity index (χ2v) is 5.16. The Morgan fingerprint density at radius 2 is 1.81 bits per heavy atom. The Balaban J connectivity index is 2.13. The zero-order valence-electron chi connectivity index (χ0n) is 12.4. The van der Waals surface area contributed by atoms with Gasteiger partial charge in [-0.25, -0.2) is 4.39 Å². The Hall–Kier alpha value is -2.36. The molecular formula is C17H19FN2O. The van der Waals surface area contributed by atoms with Gasteiger partial charge in [-0.2, -0.15) is 0 Å². The normalized spacial score (nSPS) is 11.8. The molecule has 2 aromatic carbocycles. The first-order chi connectivity index (χ1) is 9.99. The van der Waals surface area contributed by atoms with Crippen molar-refractivity contribution in [3.63, 3.8) is 0 Å². The van der Waals surface area contributed by atoms with Gasteiger partial charge in [0, 0.05) is 25.5 Å². The highest BCUT2D eigenvalue weighted by Crippen LogP contribution is 2.24. The number of carbonyl (C=O) groups is 1. The fourth-order valence-electron chi connectivity index (χ4n) is 2.04. The Labute approximate surface area is 124 Å². The molecule has 0 heterocycles. The number of carbonyl (C=O) groups excluding carboxylic acids is 1. The first-order valence-corrected chi connectivity index (χ1v) is 6.77. The highest BCUT2D eigenvalue weighted by Gasteiger charge is 2.19. The molecule has 21 heavy (non-hydrogen) atoms. The van der Waals surface area contributed by atoms with Crippen LogP contribution in [0.25, 0.3) is 0 Å². The molecule has 0 aliphatic rings. The van der Waals surface area contributed by atoms with Crippen LogP contribution in [0.2, 0.25) is 0 Å². The Kier molecular flexibility index (Phi) is 4.58. The van der Waals surface area contributed by atoms with Gasteiger partial charge in [0.05, 0.1) is 0 Å². The molecule has 0 aromatic heterocycles. The van der Waals surface area contributed by atoms with Gasteiger partial charge in [-0.05, 0) is 36.2 Å². The number of halogens is 1. The average molecular weight is 286 g/mol. The molecule has 1 amide bonds. The van der Waals surface area contributed by atoms with Gasteiger partial charge in [0.2, 0.25) is 6.17 Å². The van der Waals surface area contributed by atoms with E-state index >= 15 is 0 Å². The summed E-state index contributed by atoms with van der Waals surface area (Å²) < 4.78 is 14.1. The summed E-state index contributed by atoms with van der Waals surface area (Å²) in [5.41, 5.74) is 2.92. The number of rotatable bonds is 4. The minimum atomic E-state index is -1.67. The van der Waals surface area contributed by atoms with E-state index in [1.54, 1.807) is 36.4 Å². The molecular weight excluding hydrogens is 267 g/mol. The van der Waals surface area contributed by atoms with E-state index in [-0.39, 0.29) is 0 Å². The van der Waals surface area contributed by atoms with E-state index in [1.807, 2.05) is 38.1 Å². The molecule has 4 heteroatoms. The standard InChI is InChI=1S/C17H19FN2O/c1-12-11-14(20(2)3)9-10-15(12)19-17(21)16(18)13-7-5-4-6-8-13/h4-11,16H,1-3H3,(H,19,21). The largest absolute Gasteiger partial charge is 0.378 e. The maximum Gasteiger partial charge on any atom is 0.263 e. The topological polar surface area (TPSA) is 32.3 Å². The van der Waals surface area contributed by atoms with Crippen LogP contribution in [0.3, 0.4) is 0 Å². The van der Waals surface area contributed by atoms with Crippen LogP contribution in [0.4, 0.5) is 15.8 Å². The summed E-state index contributed by atoms with van der Waals surface area (Å²) in [6.07, 6.45) is -1.67. The molecule has 1 unspecified atom stereocenters. The van der Waals surface area contributed by atoms with E-state index in [0.717, 1.165) is 11.3 Å². The van der Waals surface area contributed by atoms with Crippen LogP contribution in [0.5, 0.6) is 0 Å². The van der Waals surface area contributed by atoms with Crippen molar-refractivity contribution in [3.05, 3.63) is 59.7 Å². The van der Waals surface area contributed by atoms with Gasteiger partial charge >= 0.3 is 0 Å². The molecule has 2 aromatic rings. The van der Waals surface area contributed by atoms with E-state index in [9.17, 15) is 9.18 Å². The fraction of sp³-hybridized carbons (Fsp3) is 0.235. The minimum Gasteiger partial charge on any atom is -0.378 e. The van der Waals surface area contributed by atoms with Crippen LogP contribution >= 0.6 is 0 Å². The zero-order chi connectivity index (χ0) is 15.4. The van der Waals surface area contributed by atoms with Crippen LogP contribution in [-0.4, -0.2) is 20.0 Å². The lowest BCUT2D eigenvalue weighted by molar-refractivity contribution is -0.121. The maximum atomic E-state index is 14.1. The molecule has 0 bridgehead atoms. The van der Waals surface area contributed by atoms with Crippen LogP contribution in [0, 0.1) is 6.92 Å². The number of alkyl halides is 1. The highest BCUT2D eigenvalue weighted by molar-refractivity contribution is 5.95. The average Bonchev–Trinajstić information content (AvgIpc) is 2.49. The summed E-state index contributed by atoms with van der Waals surface area (Å²) in [4.78, 5) is 14.0. The first kappa shape index (κ1) is 15.0. The number of hydrogen-bond acceptors (Lipinski definition) is 2. The number of anilines is 2. The molecule has 1 N–H and O–H groups in total. The molecule has 0 saturated carbocycles. The summed E-state index contributed by atoms with van der Waals surface area (Å²) in [7, 11) is 3.89. The first-order valence-electron chi connectivity index (χ1n) is 6.77. The predicted molar refractivity (Wildman–Crippen MR) is 84.4 cm³/mol.